The fourth-order valence-electron chi connectivity index (χ4n) is 1.73. The average molecular weight is 348 g/mol. The molecule has 8 nitrogen and oxygen atoms in total. The standard InChI is InChI=1S/C12H16N2O6S2/c1-14(8-12(15)16)22(19,20)11-6-4-10(5-7-11)21(17,18)13-9-2-3-9/h4-7,9,13H,2-3,8H2,1H3,(H,15,16). The topological polar surface area (TPSA) is 121 Å². The molecular formula is C12H16N2O6S2. The van der Waals surface area contributed by atoms with Crippen molar-refractivity contribution in [1.29, 1.82) is 0 Å². The Hall–Kier alpha value is -1.49. The van der Waals surface area contributed by atoms with Gasteiger partial charge in [-0.2, -0.15) is 4.31 Å². The molecule has 0 unspecified atom stereocenters. The first kappa shape index (κ1) is 16.9. The van der Waals surface area contributed by atoms with Gasteiger partial charge < -0.3 is 5.11 Å². The highest BCUT2D eigenvalue weighted by Gasteiger charge is 2.28. The van der Waals surface area contributed by atoms with Gasteiger partial charge in [-0.15, -0.1) is 0 Å². The Bertz CT molecular complexity index is 766. The predicted octanol–water partition coefficient (Wildman–Crippen LogP) is -0.168. The van der Waals surface area contributed by atoms with Gasteiger partial charge in [0.05, 0.1) is 9.79 Å². The Kier molecular flexibility index (Phi) is 4.57. The highest BCUT2D eigenvalue weighted by atomic mass is 32.2. The fourth-order valence-corrected chi connectivity index (χ4v) is 4.16. The van der Waals surface area contributed by atoms with Gasteiger partial charge in [-0.25, -0.2) is 21.6 Å². The maximum atomic E-state index is 12.1. The van der Waals surface area contributed by atoms with E-state index in [1.165, 1.54) is 12.1 Å². The minimum Gasteiger partial charge on any atom is -0.480 e. The number of carboxylic acids is 1. The molecule has 1 fully saturated rings. The zero-order valence-corrected chi connectivity index (χ0v) is 13.4. The van der Waals surface area contributed by atoms with E-state index >= 15 is 0 Å². The lowest BCUT2D eigenvalue weighted by Gasteiger charge is -2.15. The van der Waals surface area contributed by atoms with Crippen molar-refractivity contribution in [1.82, 2.24) is 9.03 Å². The molecule has 0 bridgehead atoms. The summed E-state index contributed by atoms with van der Waals surface area (Å²) >= 11 is 0. The summed E-state index contributed by atoms with van der Waals surface area (Å²) < 4.78 is 51.3. The molecule has 0 heterocycles. The molecule has 1 aromatic carbocycles. The summed E-state index contributed by atoms with van der Waals surface area (Å²) in [5, 5.41) is 8.64. The van der Waals surface area contributed by atoms with E-state index in [4.69, 9.17) is 5.11 Å². The highest BCUT2D eigenvalue weighted by Crippen LogP contribution is 2.23. The number of nitrogens with one attached hydrogen (secondary N) is 1. The lowest BCUT2D eigenvalue weighted by molar-refractivity contribution is -0.137. The van der Waals surface area contributed by atoms with Crippen molar-refractivity contribution in [3.63, 3.8) is 0 Å². The van der Waals surface area contributed by atoms with Gasteiger partial charge >= 0.3 is 5.97 Å². The summed E-state index contributed by atoms with van der Waals surface area (Å²) in [4.78, 5) is 10.4. The summed E-state index contributed by atoms with van der Waals surface area (Å²) in [5.74, 6) is -1.28. The SMILES string of the molecule is CN(CC(=O)O)S(=O)(=O)c1ccc(S(=O)(=O)NC2CC2)cc1. The van der Waals surface area contributed by atoms with Crippen molar-refractivity contribution >= 4 is 26.0 Å². The van der Waals surface area contributed by atoms with Crippen LogP contribution in [0.3, 0.4) is 0 Å². The van der Waals surface area contributed by atoms with Gasteiger partial charge in [-0.05, 0) is 37.1 Å². The molecule has 1 aromatic rings. The van der Waals surface area contributed by atoms with Crippen LogP contribution in [0.4, 0.5) is 0 Å². The molecule has 0 spiro atoms. The third-order valence-electron chi connectivity index (χ3n) is 3.10. The summed E-state index contributed by atoms with van der Waals surface area (Å²) in [6, 6.07) is 4.62. The first-order valence-corrected chi connectivity index (χ1v) is 9.36. The van der Waals surface area contributed by atoms with Crippen LogP contribution in [0.25, 0.3) is 0 Å². The Morgan fingerprint density at radius 1 is 1.18 bits per heavy atom. The van der Waals surface area contributed by atoms with Crippen molar-refractivity contribution in [2.75, 3.05) is 13.6 Å². The van der Waals surface area contributed by atoms with Crippen molar-refractivity contribution in [2.45, 2.75) is 28.7 Å². The number of carbonyl (C=O) groups is 1. The maximum Gasteiger partial charge on any atom is 0.318 e. The van der Waals surface area contributed by atoms with Gasteiger partial charge in [0.25, 0.3) is 0 Å². The van der Waals surface area contributed by atoms with E-state index in [2.05, 4.69) is 4.72 Å². The van der Waals surface area contributed by atoms with Crippen molar-refractivity contribution in [3.05, 3.63) is 24.3 Å². The molecule has 2 rings (SSSR count). The lowest BCUT2D eigenvalue weighted by atomic mass is 10.4. The predicted molar refractivity (Wildman–Crippen MR) is 77.2 cm³/mol. The molecule has 22 heavy (non-hydrogen) atoms. The largest absolute Gasteiger partial charge is 0.480 e. The summed E-state index contributed by atoms with van der Waals surface area (Å²) in [5.41, 5.74) is 0. The summed E-state index contributed by atoms with van der Waals surface area (Å²) in [6.07, 6.45) is 1.59. The zero-order chi connectivity index (χ0) is 16.5. The minimum atomic E-state index is -3.97. The number of carboxylic acid groups (broad SMARTS) is 1. The van der Waals surface area contributed by atoms with Crippen LogP contribution in [0.2, 0.25) is 0 Å². The second-order valence-corrected chi connectivity index (χ2v) is 8.78. The molecular weight excluding hydrogens is 332 g/mol. The second kappa shape index (κ2) is 5.95. The van der Waals surface area contributed by atoms with Crippen LogP contribution < -0.4 is 4.72 Å². The van der Waals surface area contributed by atoms with Crippen LogP contribution in [-0.2, 0) is 24.8 Å². The van der Waals surface area contributed by atoms with Crippen LogP contribution in [0.1, 0.15) is 12.8 Å². The van der Waals surface area contributed by atoms with E-state index < -0.39 is 32.6 Å². The van der Waals surface area contributed by atoms with Crippen LogP contribution in [0.15, 0.2) is 34.1 Å². The van der Waals surface area contributed by atoms with E-state index in [9.17, 15) is 21.6 Å². The monoisotopic (exact) mass is 348 g/mol. The molecule has 0 radical (unpaired) electrons. The number of aliphatic carboxylic acids is 1. The van der Waals surface area contributed by atoms with Gasteiger partial charge in [0, 0.05) is 13.1 Å². The number of likely N-dealkylation sites (N-methyl/N-ethyl adjacent to an activating group) is 1. The van der Waals surface area contributed by atoms with Crippen molar-refractivity contribution in [3.8, 4) is 0 Å². The van der Waals surface area contributed by atoms with Crippen molar-refractivity contribution in [2.24, 2.45) is 0 Å². The number of hydrogen-bond donors (Lipinski definition) is 2. The van der Waals surface area contributed by atoms with E-state index in [-0.39, 0.29) is 15.8 Å². The third-order valence-corrected chi connectivity index (χ3v) is 6.45. The minimum absolute atomic E-state index is 0.0285. The second-order valence-electron chi connectivity index (χ2n) is 5.02. The summed E-state index contributed by atoms with van der Waals surface area (Å²) in [7, 11) is -6.48. The van der Waals surface area contributed by atoms with Gasteiger partial charge in [-0.1, -0.05) is 0 Å². The molecule has 1 aliphatic carbocycles. The molecule has 10 heteroatoms. The molecule has 1 saturated carbocycles. The molecule has 122 valence electrons. The van der Waals surface area contributed by atoms with Crippen LogP contribution >= 0.6 is 0 Å². The number of benzene rings is 1. The van der Waals surface area contributed by atoms with Gasteiger partial charge in [-0.3, -0.25) is 4.79 Å². The smallest absolute Gasteiger partial charge is 0.318 e. The number of hydrogen-bond acceptors (Lipinski definition) is 5. The Morgan fingerprint density at radius 2 is 1.68 bits per heavy atom. The fraction of sp³-hybridized carbons (Fsp3) is 0.417. The highest BCUT2D eigenvalue weighted by molar-refractivity contribution is 7.89. The van der Waals surface area contributed by atoms with E-state index in [1.54, 1.807) is 0 Å². The molecule has 2 N–H and O–H groups in total. The Balaban J connectivity index is 2.22. The van der Waals surface area contributed by atoms with E-state index in [1.807, 2.05) is 0 Å². The summed E-state index contributed by atoms with van der Waals surface area (Å²) in [6.45, 7) is -0.675. The number of rotatable bonds is 7. The quantitative estimate of drug-likeness (QED) is 0.706. The van der Waals surface area contributed by atoms with Crippen LogP contribution in [-0.4, -0.2) is 51.9 Å². The first-order valence-electron chi connectivity index (χ1n) is 6.43. The Labute approximate surface area is 128 Å². The van der Waals surface area contributed by atoms with Gasteiger partial charge in [0.15, 0.2) is 0 Å². The number of nitrogens with zero attached hydrogens (tertiary/aromatic N) is 1. The molecule has 0 aromatic heterocycles. The maximum absolute atomic E-state index is 12.1. The zero-order valence-electron chi connectivity index (χ0n) is 11.8. The molecule has 0 atom stereocenters. The Morgan fingerprint density at radius 3 is 2.14 bits per heavy atom. The normalized spacial score (nSPS) is 15.9. The van der Waals surface area contributed by atoms with E-state index in [0.29, 0.717) is 4.31 Å². The lowest BCUT2D eigenvalue weighted by Crippen LogP contribution is -2.32. The number of sulfonamides is 2. The third kappa shape index (κ3) is 3.83. The molecule has 0 amide bonds. The van der Waals surface area contributed by atoms with E-state index in [0.717, 1.165) is 32.0 Å². The molecule has 1 aliphatic rings. The van der Waals surface area contributed by atoms with Gasteiger partial charge in [0.2, 0.25) is 20.0 Å². The van der Waals surface area contributed by atoms with Crippen molar-refractivity contribution < 1.29 is 26.7 Å². The van der Waals surface area contributed by atoms with Crippen LogP contribution in [0, 0.1) is 0 Å². The van der Waals surface area contributed by atoms with Crippen LogP contribution in [0.5, 0.6) is 0 Å². The molecule has 0 saturated heterocycles. The first-order chi connectivity index (χ1) is 10.1. The van der Waals surface area contributed by atoms with Gasteiger partial charge in [0.1, 0.15) is 6.54 Å². The molecule has 0 aliphatic heterocycles. The average Bonchev–Trinajstić information content (AvgIpc) is 3.21.